The van der Waals surface area contributed by atoms with Gasteiger partial charge in [-0.05, 0) is 24.6 Å². The lowest BCUT2D eigenvalue weighted by molar-refractivity contribution is 0.201. The third kappa shape index (κ3) is 3.34. The Kier molecular flexibility index (Phi) is 5.26. The summed E-state index contributed by atoms with van der Waals surface area (Å²) >= 11 is 0. The lowest BCUT2D eigenvalue weighted by Crippen LogP contribution is -2.32. The van der Waals surface area contributed by atoms with E-state index in [4.69, 9.17) is 4.74 Å². The Balaban J connectivity index is 2.32. The molecule has 0 saturated carbocycles. The molecule has 0 saturated heterocycles. The van der Waals surface area contributed by atoms with Crippen LogP contribution in [0.25, 0.3) is 0 Å². The van der Waals surface area contributed by atoms with E-state index in [1.165, 1.54) is 4.31 Å². The molecular formula is C16H22N2O3S. The van der Waals surface area contributed by atoms with Gasteiger partial charge in [0, 0.05) is 13.1 Å². The molecule has 1 N–H and O–H groups in total. The van der Waals surface area contributed by atoms with Crippen molar-refractivity contribution in [2.45, 2.75) is 24.3 Å². The topological polar surface area (TPSA) is 58.6 Å². The van der Waals surface area contributed by atoms with Gasteiger partial charge in [0.25, 0.3) is 0 Å². The van der Waals surface area contributed by atoms with E-state index in [1.54, 1.807) is 30.4 Å². The van der Waals surface area contributed by atoms with Crippen molar-refractivity contribution in [1.29, 1.82) is 0 Å². The minimum atomic E-state index is -3.58. The van der Waals surface area contributed by atoms with Crippen LogP contribution in [-0.4, -0.2) is 38.5 Å². The molecule has 0 radical (unpaired) electrons. The van der Waals surface area contributed by atoms with Crippen LogP contribution < -0.4 is 10.1 Å². The summed E-state index contributed by atoms with van der Waals surface area (Å²) in [6.45, 7) is 10.4. The van der Waals surface area contributed by atoms with Crippen LogP contribution in [0.5, 0.6) is 5.75 Å². The molecule has 6 heteroatoms. The lowest BCUT2D eigenvalue weighted by atomic mass is 10.2. The number of anilines is 1. The summed E-state index contributed by atoms with van der Waals surface area (Å²) in [5.41, 5.74) is 0.711. The Labute approximate surface area is 132 Å². The lowest BCUT2D eigenvalue weighted by Gasteiger charge is -2.27. The molecule has 1 heterocycles. The van der Waals surface area contributed by atoms with Crippen molar-refractivity contribution in [2.24, 2.45) is 0 Å². The number of hydrogen-bond acceptors (Lipinski definition) is 4. The normalized spacial score (nSPS) is 17.3. The fourth-order valence-corrected chi connectivity index (χ4v) is 3.70. The molecule has 0 amide bonds. The Morgan fingerprint density at radius 3 is 2.64 bits per heavy atom. The van der Waals surface area contributed by atoms with Crippen molar-refractivity contribution in [2.75, 3.05) is 25.0 Å². The van der Waals surface area contributed by atoms with E-state index in [9.17, 15) is 8.42 Å². The summed E-state index contributed by atoms with van der Waals surface area (Å²) in [5.74, 6) is 0.691. The Morgan fingerprint density at radius 1 is 1.36 bits per heavy atom. The molecule has 0 bridgehead atoms. The van der Waals surface area contributed by atoms with Gasteiger partial charge in [-0.2, -0.15) is 4.31 Å². The molecule has 1 aromatic carbocycles. The molecule has 0 spiro atoms. The second kappa shape index (κ2) is 6.98. The minimum absolute atomic E-state index is 0.119. The third-order valence-electron chi connectivity index (χ3n) is 3.52. The maximum absolute atomic E-state index is 12.7. The van der Waals surface area contributed by atoms with Crippen LogP contribution in [0.4, 0.5) is 5.69 Å². The fraction of sp³-hybridized carbons (Fsp3) is 0.375. The maximum atomic E-state index is 12.7. The van der Waals surface area contributed by atoms with Crippen LogP contribution in [0.2, 0.25) is 0 Å². The molecule has 1 atom stereocenters. The number of nitrogens with zero attached hydrogens (tertiary/aromatic N) is 1. The molecule has 120 valence electrons. The van der Waals surface area contributed by atoms with Gasteiger partial charge in [0.2, 0.25) is 10.0 Å². The molecule has 0 aromatic heterocycles. The number of sulfonamides is 1. The van der Waals surface area contributed by atoms with Crippen LogP contribution in [0.3, 0.4) is 0 Å². The molecule has 0 aliphatic carbocycles. The zero-order valence-corrected chi connectivity index (χ0v) is 13.6. The van der Waals surface area contributed by atoms with Gasteiger partial charge in [-0.15, -0.1) is 13.2 Å². The molecule has 1 aliphatic heterocycles. The van der Waals surface area contributed by atoms with E-state index in [-0.39, 0.29) is 24.1 Å². The van der Waals surface area contributed by atoms with Crippen LogP contribution >= 0.6 is 0 Å². The average molecular weight is 322 g/mol. The smallest absolute Gasteiger partial charge is 0.243 e. The first-order valence-electron chi connectivity index (χ1n) is 7.29. The fourth-order valence-electron chi connectivity index (χ4n) is 2.29. The van der Waals surface area contributed by atoms with Gasteiger partial charge in [0.05, 0.1) is 17.1 Å². The minimum Gasteiger partial charge on any atom is -0.486 e. The zero-order chi connectivity index (χ0) is 16.2. The maximum Gasteiger partial charge on any atom is 0.243 e. The average Bonchev–Trinajstić information content (AvgIpc) is 2.53. The van der Waals surface area contributed by atoms with Crippen molar-refractivity contribution >= 4 is 15.7 Å². The number of ether oxygens (including phenoxy) is 1. The van der Waals surface area contributed by atoms with Crippen LogP contribution in [0.15, 0.2) is 48.4 Å². The monoisotopic (exact) mass is 322 g/mol. The largest absolute Gasteiger partial charge is 0.486 e. The highest BCUT2D eigenvalue weighted by atomic mass is 32.2. The van der Waals surface area contributed by atoms with Crippen molar-refractivity contribution in [1.82, 2.24) is 4.31 Å². The standard InChI is InChI=1S/C16H22N2O3S/c1-4-9-18(10-5-2)22(19,20)14-7-8-16-15(11-14)17-12-13(6-3)21-16/h4-5,7-8,11,13,17H,1-2,6,9-10,12H2,3H3. The first kappa shape index (κ1) is 16.6. The summed E-state index contributed by atoms with van der Waals surface area (Å²) in [5, 5.41) is 3.23. The van der Waals surface area contributed by atoms with Gasteiger partial charge in [-0.25, -0.2) is 8.42 Å². The number of rotatable bonds is 7. The summed E-state index contributed by atoms with van der Waals surface area (Å²) in [6, 6.07) is 4.90. The Bertz CT molecular complexity index is 645. The molecule has 1 aliphatic rings. The van der Waals surface area contributed by atoms with Crippen molar-refractivity contribution < 1.29 is 13.2 Å². The molecule has 2 rings (SSSR count). The van der Waals surface area contributed by atoms with Crippen LogP contribution in [-0.2, 0) is 10.0 Å². The van der Waals surface area contributed by atoms with Crippen molar-refractivity contribution in [3.63, 3.8) is 0 Å². The van der Waals surface area contributed by atoms with Gasteiger partial charge in [0.1, 0.15) is 11.9 Å². The van der Waals surface area contributed by atoms with Crippen molar-refractivity contribution in [3.8, 4) is 5.75 Å². The van der Waals surface area contributed by atoms with E-state index < -0.39 is 10.0 Å². The van der Waals surface area contributed by atoms with Gasteiger partial charge < -0.3 is 10.1 Å². The predicted molar refractivity (Wildman–Crippen MR) is 88.8 cm³/mol. The summed E-state index contributed by atoms with van der Waals surface area (Å²) < 4.78 is 32.5. The highest BCUT2D eigenvalue weighted by molar-refractivity contribution is 7.89. The molecule has 1 unspecified atom stereocenters. The Morgan fingerprint density at radius 2 is 2.05 bits per heavy atom. The van der Waals surface area contributed by atoms with E-state index in [1.807, 2.05) is 0 Å². The van der Waals surface area contributed by atoms with E-state index in [0.29, 0.717) is 18.0 Å². The molecule has 22 heavy (non-hydrogen) atoms. The molecular weight excluding hydrogens is 300 g/mol. The molecule has 5 nitrogen and oxygen atoms in total. The third-order valence-corrected chi connectivity index (χ3v) is 5.35. The van der Waals surface area contributed by atoms with Gasteiger partial charge in [0.15, 0.2) is 0 Å². The number of benzene rings is 1. The summed E-state index contributed by atoms with van der Waals surface area (Å²) in [6.07, 6.45) is 4.14. The first-order valence-corrected chi connectivity index (χ1v) is 8.73. The quantitative estimate of drug-likeness (QED) is 0.784. The number of nitrogens with one attached hydrogen (secondary N) is 1. The molecule has 0 fully saturated rings. The molecule has 1 aromatic rings. The summed E-state index contributed by atoms with van der Waals surface area (Å²) in [4.78, 5) is 0.237. The van der Waals surface area contributed by atoms with E-state index in [2.05, 4.69) is 25.4 Å². The van der Waals surface area contributed by atoms with E-state index >= 15 is 0 Å². The van der Waals surface area contributed by atoms with Gasteiger partial charge >= 0.3 is 0 Å². The van der Waals surface area contributed by atoms with E-state index in [0.717, 1.165) is 6.42 Å². The number of fused-ring (bicyclic) bond motifs is 1. The van der Waals surface area contributed by atoms with Gasteiger partial charge in [-0.3, -0.25) is 0 Å². The van der Waals surface area contributed by atoms with Crippen molar-refractivity contribution in [3.05, 3.63) is 43.5 Å². The summed E-state index contributed by atoms with van der Waals surface area (Å²) in [7, 11) is -3.58. The second-order valence-corrected chi connectivity index (χ2v) is 7.02. The van der Waals surface area contributed by atoms with Crippen LogP contribution in [0, 0.1) is 0 Å². The Hall–Kier alpha value is -1.79. The zero-order valence-electron chi connectivity index (χ0n) is 12.8. The number of hydrogen-bond donors (Lipinski definition) is 1. The van der Waals surface area contributed by atoms with Crippen LogP contribution in [0.1, 0.15) is 13.3 Å². The first-order chi connectivity index (χ1) is 10.5. The highest BCUT2D eigenvalue weighted by Gasteiger charge is 2.25. The second-order valence-electron chi connectivity index (χ2n) is 5.09. The predicted octanol–water partition coefficient (Wildman–Crippen LogP) is 2.63. The SMILES string of the molecule is C=CCN(CC=C)S(=O)(=O)c1ccc2c(c1)NCC(CC)O2. The highest BCUT2D eigenvalue weighted by Crippen LogP contribution is 2.32. The van der Waals surface area contributed by atoms with Gasteiger partial charge in [-0.1, -0.05) is 19.1 Å².